The highest BCUT2D eigenvalue weighted by Crippen LogP contribution is 2.33. The summed E-state index contributed by atoms with van der Waals surface area (Å²) >= 11 is 0. The number of nitrogens with two attached hydrogens (primary N) is 2. The second-order valence-corrected chi connectivity index (χ2v) is 5.54. The highest BCUT2D eigenvalue weighted by atomic mass is 35.5. The van der Waals surface area contributed by atoms with Crippen LogP contribution < -0.4 is 16.2 Å². The molecular formula is C18H19Cl2N5O4. The fraction of sp³-hybridized carbons (Fsp3) is 0.0556. The maximum atomic E-state index is 8.82. The lowest BCUT2D eigenvalue weighted by Gasteiger charge is -2.07. The van der Waals surface area contributed by atoms with E-state index in [1.165, 1.54) is 7.11 Å². The molecule has 11 heteroatoms. The van der Waals surface area contributed by atoms with Crippen LogP contribution in [0.1, 0.15) is 11.1 Å². The van der Waals surface area contributed by atoms with Crippen LogP contribution in [0.15, 0.2) is 63.4 Å². The SMILES string of the molecule is COc1cc(/C(N)=N/O)ccc1-c1cc(-c2cccc(/C(N)=N/O)c2)on1.Cl.Cl. The number of rotatable bonds is 5. The van der Waals surface area contributed by atoms with Crippen LogP contribution in [0.3, 0.4) is 0 Å². The normalized spacial score (nSPS) is 11.3. The molecule has 0 spiro atoms. The molecule has 29 heavy (non-hydrogen) atoms. The predicted molar refractivity (Wildman–Crippen MR) is 113 cm³/mol. The molecule has 0 atom stereocenters. The van der Waals surface area contributed by atoms with Crippen LogP contribution in [-0.2, 0) is 0 Å². The van der Waals surface area contributed by atoms with Gasteiger partial charge in [0.2, 0.25) is 0 Å². The van der Waals surface area contributed by atoms with E-state index in [1.807, 2.05) is 6.07 Å². The maximum absolute atomic E-state index is 8.82. The van der Waals surface area contributed by atoms with Gasteiger partial charge in [-0.2, -0.15) is 0 Å². The van der Waals surface area contributed by atoms with E-state index in [2.05, 4.69) is 15.5 Å². The molecule has 0 aliphatic rings. The van der Waals surface area contributed by atoms with Crippen LogP contribution in [0.2, 0.25) is 0 Å². The Kier molecular flexibility index (Phi) is 8.31. The van der Waals surface area contributed by atoms with Crippen LogP contribution in [-0.4, -0.2) is 34.4 Å². The number of oxime groups is 2. The van der Waals surface area contributed by atoms with Crippen molar-refractivity contribution in [1.29, 1.82) is 0 Å². The van der Waals surface area contributed by atoms with Crippen LogP contribution >= 0.6 is 24.8 Å². The van der Waals surface area contributed by atoms with Gasteiger partial charge in [0, 0.05) is 28.3 Å². The van der Waals surface area contributed by atoms with Gasteiger partial charge in [-0.25, -0.2) is 0 Å². The van der Waals surface area contributed by atoms with Gasteiger partial charge in [-0.15, -0.1) is 24.8 Å². The minimum atomic E-state index is -0.0272. The molecule has 0 saturated heterocycles. The molecule has 0 unspecified atom stereocenters. The summed E-state index contributed by atoms with van der Waals surface area (Å²) in [5.41, 5.74) is 14.2. The molecule has 0 radical (unpaired) electrons. The average Bonchev–Trinajstić information content (AvgIpc) is 3.22. The summed E-state index contributed by atoms with van der Waals surface area (Å²) in [6.45, 7) is 0. The number of amidine groups is 2. The van der Waals surface area contributed by atoms with Gasteiger partial charge in [-0.3, -0.25) is 0 Å². The Morgan fingerprint density at radius 1 is 0.966 bits per heavy atom. The van der Waals surface area contributed by atoms with Crippen molar-refractivity contribution < 1.29 is 19.7 Å². The summed E-state index contributed by atoms with van der Waals surface area (Å²) in [6.07, 6.45) is 0. The van der Waals surface area contributed by atoms with Gasteiger partial charge in [0.05, 0.1) is 7.11 Å². The van der Waals surface area contributed by atoms with Crippen LogP contribution in [0.25, 0.3) is 22.6 Å². The number of benzene rings is 2. The number of nitrogens with zero attached hydrogens (tertiary/aromatic N) is 3. The lowest BCUT2D eigenvalue weighted by Crippen LogP contribution is -2.13. The van der Waals surface area contributed by atoms with Gasteiger partial charge in [0.25, 0.3) is 0 Å². The fourth-order valence-electron chi connectivity index (χ4n) is 2.55. The zero-order valence-corrected chi connectivity index (χ0v) is 16.8. The van der Waals surface area contributed by atoms with Gasteiger partial charge in [0.15, 0.2) is 17.4 Å². The summed E-state index contributed by atoms with van der Waals surface area (Å²) in [5.74, 6) is 0.960. The van der Waals surface area contributed by atoms with Gasteiger partial charge >= 0.3 is 0 Å². The van der Waals surface area contributed by atoms with Crippen molar-refractivity contribution in [1.82, 2.24) is 5.16 Å². The molecule has 1 heterocycles. The zero-order chi connectivity index (χ0) is 19.4. The second-order valence-electron chi connectivity index (χ2n) is 5.54. The summed E-state index contributed by atoms with van der Waals surface area (Å²) in [7, 11) is 1.51. The lowest BCUT2D eigenvalue weighted by atomic mass is 10.0. The van der Waals surface area contributed by atoms with Crippen molar-refractivity contribution in [3.05, 3.63) is 59.7 Å². The van der Waals surface area contributed by atoms with Gasteiger partial charge in [-0.1, -0.05) is 39.7 Å². The number of methoxy groups -OCH3 is 1. The topological polar surface area (TPSA) is 152 Å². The largest absolute Gasteiger partial charge is 0.496 e. The molecule has 0 aliphatic carbocycles. The summed E-state index contributed by atoms with van der Waals surface area (Å²) in [6, 6.07) is 13.8. The Bertz CT molecular complexity index is 1040. The van der Waals surface area contributed by atoms with Crippen molar-refractivity contribution in [3.8, 4) is 28.3 Å². The third-order valence-corrected chi connectivity index (χ3v) is 3.94. The fourth-order valence-corrected chi connectivity index (χ4v) is 2.55. The molecule has 0 fully saturated rings. The molecule has 2 aromatic carbocycles. The third kappa shape index (κ3) is 4.89. The quantitative estimate of drug-likeness (QED) is 0.206. The molecule has 0 aliphatic heterocycles. The number of hydrogen-bond donors (Lipinski definition) is 4. The van der Waals surface area contributed by atoms with Crippen molar-refractivity contribution in [3.63, 3.8) is 0 Å². The maximum Gasteiger partial charge on any atom is 0.170 e. The first kappa shape index (κ1) is 23.6. The van der Waals surface area contributed by atoms with E-state index < -0.39 is 0 Å². The Hall–Kier alpha value is -3.43. The number of hydrogen-bond acceptors (Lipinski definition) is 7. The molecule has 3 aromatic rings. The standard InChI is InChI=1S/C18H17N5O4.2ClH/c1-26-16-8-12(18(20)22-25)5-6-13(16)14-9-15(27-23-14)10-3-2-4-11(7-10)17(19)21-24;;/h2-9,24-25H,1H3,(H2,19,21)(H2,20,22);2*1H. The summed E-state index contributed by atoms with van der Waals surface area (Å²) in [5, 5.41) is 27.7. The Balaban J connectivity index is 0.00000210. The number of ether oxygens (including phenoxy) is 1. The number of aromatic nitrogens is 1. The minimum Gasteiger partial charge on any atom is -0.496 e. The molecule has 0 saturated carbocycles. The molecule has 154 valence electrons. The minimum absolute atomic E-state index is 0. The van der Waals surface area contributed by atoms with Crippen molar-refractivity contribution in [2.45, 2.75) is 0 Å². The van der Waals surface area contributed by atoms with E-state index in [0.717, 1.165) is 0 Å². The van der Waals surface area contributed by atoms with E-state index >= 15 is 0 Å². The van der Waals surface area contributed by atoms with Crippen LogP contribution in [0, 0.1) is 0 Å². The Morgan fingerprint density at radius 2 is 1.62 bits per heavy atom. The summed E-state index contributed by atoms with van der Waals surface area (Å²) in [4.78, 5) is 0. The van der Waals surface area contributed by atoms with E-state index in [0.29, 0.717) is 39.5 Å². The van der Waals surface area contributed by atoms with Crippen molar-refractivity contribution in [2.75, 3.05) is 7.11 Å². The van der Waals surface area contributed by atoms with E-state index in [9.17, 15) is 0 Å². The zero-order valence-electron chi connectivity index (χ0n) is 15.1. The first-order valence-electron chi connectivity index (χ1n) is 7.78. The number of halogens is 2. The third-order valence-electron chi connectivity index (χ3n) is 3.94. The van der Waals surface area contributed by atoms with Crippen LogP contribution in [0.5, 0.6) is 5.75 Å². The molecule has 0 bridgehead atoms. The molecule has 9 nitrogen and oxygen atoms in total. The smallest absolute Gasteiger partial charge is 0.170 e. The molecule has 1 aromatic heterocycles. The molecule has 3 rings (SSSR count). The van der Waals surface area contributed by atoms with Crippen molar-refractivity contribution >= 4 is 36.5 Å². The molecule has 6 N–H and O–H groups in total. The van der Waals surface area contributed by atoms with Gasteiger partial charge in [-0.05, 0) is 18.2 Å². The highest BCUT2D eigenvalue weighted by Gasteiger charge is 2.15. The van der Waals surface area contributed by atoms with Gasteiger partial charge in [0.1, 0.15) is 11.4 Å². The van der Waals surface area contributed by atoms with Gasteiger partial charge < -0.3 is 31.1 Å². The molecule has 0 amide bonds. The van der Waals surface area contributed by atoms with E-state index in [-0.39, 0.29) is 36.5 Å². The first-order chi connectivity index (χ1) is 13.1. The Morgan fingerprint density at radius 3 is 2.24 bits per heavy atom. The molecular weight excluding hydrogens is 421 g/mol. The average molecular weight is 440 g/mol. The van der Waals surface area contributed by atoms with Crippen molar-refractivity contribution in [2.24, 2.45) is 21.8 Å². The van der Waals surface area contributed by atoms with E-state index in [4.69, 9.17) is 31.1 Å². The lowest BCUT2D eigenvalue weighted by molar-refractivity contribution is 0.318. The monoisotopic (exact) mass is 439 g/mol. The predicted octanol–water partition coefficient (Wildman–Crippen LogP) is 3.05. The second kappa shape index (κ2) is 10.2. The van der Waals surface area contributed by atoms with Crippen LogP contribution in [0.4, 0.5) is 0 Å². The summed E-state index contributed by atoms with van der Waals surface area (Å²) < 4.78 is 10.8. The Labute approximate surface area is 178 Å². The highest BCUT2D eigenvalue weighted by molar-refractivity contribution is 5.98. The van der Waals surface area contributed by atoms with E-state index in [1.54, 1.807) is 42.5 Å². The first-order valence-corrected chi connectivity index (χ1v) is 7.78.